The summed E-state index contributed by atoms with van der Waals surface area (Å²) >= 11 is 0. The Labute approximate surface area is 96.9 Å². The fourth-order valence-corrected chi connectivity index (χ4v) is 1.28. The van der Waals surface area contributed by atoms with Crippen molar-refractivity contribution in [3.05, 3.63) is 48.0 Å². The summed E-state index contributed by atoms with van der Waals surface area (Å²) < 4.78 is 5.26. The number of carbonyl (C=O) groups is 1. The average Bonchev–Trinajstić information content (AvgIpc) is 2.16. The second-order valence-corrected chi connectivity index (χ2v) is 4.69. The Kier molecular flexibility index (Phi) is 3.88. The molecule has 0 aliphatic heterocycles. The first kappa shape index (κ1) is 12.5. The van der Waals surface area contributed by atoms with Gasteiger partial charge in [0.15, 0.2) is 0 Å². The van der Waals surface area contributed by atoms with E-state index in [-0.39, 0.29) is 5.97 Å². The molecule has 0 fully saturated rings. The molecule has 0 heterocycles. The number of ether oxygens (including phenoxy) is 1. The Hall–Kier alpha value is -1.57. The van der Waals surface area contributed by atoms with Crippen LogP contribution in [0.1, 0.15) is 36.7 Å². The zero-order valence-electron chi connectivity index (χ0n) is 10.1. The smallest absolute Gasteiger partial charge is 0.338 e. The highest BCUT2D eigenvalue weighted by molar-refractivity contribution is 5.89. The van der Waals surface area contributed by atoms with Crippen LogP contribution in [0.4, 0.5) is 0 Å². The molecular weight excluding hydrogens is 200 g/mol. The van der Waals surface area contributed by atoms with Crippen molar-refractivity contribution >= 4 is 5.97 Å². The number of esters is 1. The third-order valence-corrected chi connectivity index (χ3v) is 1.97. The lowest BCUT2D eigenvalue weighted by atomic mass is 10.1. The highest BCUT2D eigenvalue weighted by Gasteiger charge is 2.17. The zero-order valence-corrected chi connectivity index (χ0v) is 10.1. The van der Waals surface area contributed by atoms with E-state index >= 15 is 0 Å². The van der Waals surface area contributed by atoms with Crippen LogP contribution in [-0.2, 0) is 11.2 Å². The summed E-state index contributed by atoms with van der Waals surface area (Å²) in [6, 6.07) is 7.40. The maximum Gasteiger partial charge on any atom is 0.338 e. The number of rotatable bonds is 3. The largest absolute Gasteiger partial charge is 0.456 e. The van der Waals surface area contributed by atoms with E-state index in [2.05, 4.69) is 6.58 Å². The molecule has 16 heavy (non-hydrogen) atoms. The van der Waals surface area contributed by atoms with Crippen LogP contribution >= 0.6 is 0 Å². The van der Waals surface area contributed by atoms with Gasteiger partial charge >= 0.3 is 5.97 Å². The molecule has 0 amide bonds. The van der Waals surface area contributed by atoms with Crippen LogP contribution in [-0.4, -0.2) is 11.6 Å². The molecule has 0 bridgehead atoms. The maximum atomic E-state index is 11.7. The lowest BCUT2D eigenvalue weighted by Crippen LogP contribution is -2.23. The van der Waals surface area contributed by atoms with Crippen molar-refractivity contribution in [2.75, 3.05) is 0 Å². The van der Waals surface area contributed by atoms with Gasteiger partial charge in [0, 0.05) is 0 Å². The molecule has 2 heteroatoms. The molecule has 0 unspecified atom stereocenters. The van der Waals surface area contributed by atoms with E-state index in [1.54, 1.807) is 12.1 Å². The summed E-state index contributed by atoms with van der Waals surface area (Å²) in [5.74, 6) is -0.280. The molecule has 0 spiro atoms. The van der Waals surface area contributed by atoms with Gasteiger partial charge in [-0.1, -0.05) is 18.2 Å². The summed E-state index contributed by atoms with van der Waals surface area (Å²) in [6.45, 7) is 9.24. The first-order valence-electron chi connectivity index (χ1n) is 5.35. The van der Waals surface area contributed by atoms with Gasteiger partial charge in [-0.2, -0.15) is 0 Å². The molecular formula is C14H18O2. The van der Waals surface area contributed by atoms with Gasteiger partial charge in [-0.3, -0.25) is 0 Å². The highest BCUT2D eigenvalue weighted by atomic mass is 16.6. The van der Waals surface area contributed by atoms with Crippen molar-refractivity contribution in [3.8, 4) is 0 Å². The average molecular weight is 218 g/mol. The monoisotopic (exact) mass is 218 g/mol. The van der Waals surface area contributed by atoms with Crippen molar-refractivity contribution in [2.45, 2.75) is 32.8 Å². The van der Waals surface area contributed by atoms with Crippen LogP contribution in [0.2, 0.25) is 0 Å². The van der Waals surface area contributed by atoms with Crippen LogP contribution in [0.3, 0.4) is 0 Å². The summed E-state index contributed by atoms with van der Waals surface area (Å²) in [7, 11) is 0. The van der Waals surface area contributed by atoms with Gasteiger partial charge in [-0.15, -0.1) is 6.58 Å². The number of hydrogen-bond donors (Lipinski definition) is 0. The fraction of sp³-hybridized carbons (Fsp3) is 0.357. The number of benzene rings is 1. The lowest BCUT2D eigenvalue weighted by Gasteiger charge is -2.19. The standard InChI is InChI=1S/C14H18O2/c1-5-6-11-7-9-12(10-8-11)13(15)16-14(2,3)4/h5,7-10H,1,6H2,2-4H3. The summed E-state index contributed by atoms with van der Waals surface area (Å²) in [5, 5.41) is 0. The molecule has 0 saturated heterocycles. The van der Waals surface area contributed by atoms with Crippen LogP contribution in [0.25, 0.3) is 0 Å². The third kappa shape index (κ3) is 3.89. The van der Waals surface area contributed by atoms with Crippen LogP contribution < -0.4 is 0 Å². The molecule has 1 rings (SSSR count). The van der Waals surface area contributed by atoms with E-state index in [9.17, 15) is 4.79 Å². The Morgan fingerprint density at radius 1 is 1.31 bits per heavy atom. The molecule has 86 valence electrons. The molecule has 0 saturated carbocycles. The minimum absolute atomic E-state index is 0.280. The van der Waals surface area contributed by atoms with Crippen molar-refractivity contribution in [1.82, 2.24) is 0 Å². The molecule has 0 aliphatic rings. The first-order chi connectivity index (χ1) is 7.42. The van der Waals surface area contributed by atoms with Gasteiger partial charge in [-0.05, 0) is 44.9 Å². The van der Waals surface area contributed by atoms with Gasteiger partial charge in [0.25, 0.3) is 0 Å². The van der Waals surface area contributed by atoms with Crippen molar-refractivity contribution < 1.29 is 9.53 Å². The number of hydrogen-bond acceptors (Lipinski definition) is 2. The molecule has 1 aromatic rings. The molecule has 0 aliphatic carbocycles. The third-order valence-electron chi connectivity index (χ3n) is 1.97. The van der Waals surface area contributed by atoms with E-state index < -0.39 is 5.60 Å². The van der Waals surface area contributed by atoms with Gasteiger partial charge in [-0.25, -0.2) is 4.79 Å². The molecule has 0 N–H and O–H groups in total. The molecule has 0 aromatic heterocycles. The molecule has 0 radical (unpaired) electrons. The highest BCUT2D eigenvalue weighted by Crippen LogP contribution is 2.13. The van der Waals surface area contributed by atoms with Crippen molar-refractivity contribution in [1.29, 1.82) is 0 Å². The number of allylic oxidation sites excluding steroid dienone is 1. The maximum absolute atomic E-state index is 11.7. The van der Waals surface area contributed by atoms with Crippen LogP contribution in [0.15, 0.2) is 36.9 Å². The normalized spacial score (nSPS) is 10.9. The van der Waals surface area contributed by atoms with E-state index in [4.69, 9.17) is 4.74 Å². The van der Waals surface area contributed by atoms with E-state index in [0.717, 1.165) is 12.0 Å². The second-order valence-electron chi connectivity index (χ2n) is 4.69. The van der Waals surface area contributed by atoms with E-state index in [0.29, 0.717) is 5.56 Å². The lowest BCUT2D eigenvalue weighted by molar-refractivity contribution is 0.00695. The zero-order chi connectivity index (χ0) is 12.2. The predicted octanol–water partition coefficient (Wildman–Crippen LogP) is 3.37. The summed E-state index contributed by atoms with van der Waals surface area (Å²) in [6.07, 6.45) is 2.65. The van der Waals surface area contributed by atoms with Crippen molar-refractivity contribution in [3.63, 3.8) is 0 Å². The summed E-state index contributed by atoms with van der Waals surface area (Å²) in [4.78, 5) is 11.7. The van der Waals surface area contributed by atoms with E-state index in [1.165, 1.54) is 0 Å². The van der Waals surface area contributed by atoms with E-state index in [1.807, 2.05) is 39.0 Å². The van der Waals surface area contributed by atoms with Crippen LogP contribution in [0.5, 0.6) is 0 Å². The van der Waals surface area contributed by atoms with Gasteiger partial charge in [0.1, 0.15) is 5.60 Å². The molecule has 1 aromatic carbocycles. The Morgan fingerprint density at radius 2 is 1.88 bits per heavy atom. The summed E-state index contributed by atoms with van der Waals surface area (Å²) in [5.41, 5.74) is 1.28. The Bertz CT molecular complexity index is 369. The van der Waals surface area contributed by atoms with Crippen molar-refractivity contribution in [2.24, 2.45) is 0 Å². The van der Waals surface area contributed by atoms with Gasteiger partial charge in [0.05, 0.1) is 5.56 Å². The van der Waals surface area contributed by atoms with Crippen LogP contribution in [0, 0.1) is 0 Å². The fourth-order valence-electron chi connectivity index (χ4n) is 1.28. The Balaban J connectivity index is 2.74. The Morgan fingerprint density at radius 3 is 2.31 bits per heavy atom. The second kappa shape index (κ2) is 4.97. The molecule has 0 atom stereocenters. The predicted molar refractivity (Wildman–Crippen MR) is 65.5 cm³/mol. The SMILES string of the molecule is C=CCc1ccc(C(=O)OC(C)(C)C)cc1. The number of carbonyl (C=O) groups excluding carboxylic acids is 1. The first-order valence-corrected chi connectivity index (χ1v) is 5.35. The van der Waals surface area contributed by atoms with Gasteiger partial charge < -0.3 is 4.74 Å². The van der Waals surface area contributed by atoms with Gasteiger partial charge in [0.2, 0.25) is 0 Å². The quantitative estimate of drug-likeness (QED) is 0.574. The minimum atomic E-state index is -0.448. The molecule has 2 nitrogen and oxygen atoms in total. The topological polar surface area (TPSA) is 26.3 Å². The minimum Gasteiger partial charge on any atom is -0.456 e.